The largest absolute Gasteiger partial charge is 0.345 e. The second-order valence-corrected chi connectivity index (χ2v) is 6.53. The van der Waals surface area contributed by atoms with Crippen molar-refractivity contribution in [1.29, 1.82) is 0 Å². The van der Waals surface area contributed by atoms with Crippen LogP contribution in [0.15, 0.2) is 36.4 Å². The van der Waals surface area contributed by atoms with Gasteiger partial charge in [0.05, 0.1) is 11.6 Å². The fourth-order valence-electron chi connectivity index (χ4n) is 3.78. The molecule has 2 aliphatic carbocycles. The van der Waals surface area contributed by atoms with Crippen LogP contribution in [0.2, 0.25) is 0 Å². The summed E-state index contributed by atoms with van der Waals surface area (Å²) in [6, 6.07) is 10.7. The van der Waals surface area contributed by atoms with E-state index < -0.39 is 11.7 Å². The van der Waals surface area contributed by atoms with Crippen LogP contribution in [0.25, 0.3) is 0 Å². The summed E-state index contributed by atoms with van der Waals surface area (Å²) in [4.78, 5) is 24.4. The molecule has 24 heavy (non-hydrogen) atoms. The minimum absolute atomic E-state index is 0.0350. The molecule has 1 unspecified atom stereocenters. The molecule has 0 heterocycles. The Bertz CT molecular complexity index is 844. The quantitative estimate of drug-likeness (QED) is 0.914. The Morgan fingerprint density at radius 2 is 1.92 bits per heavy atom. The van der Waals surface area contributed by atoms with Crippen LogP contribution in [0.3, 0.4) is 0 Å². The lowest BCUT2D eigenvalue weighted by Gasteiger charge is -2.18. The van der Waals surface area contributed by atoms with Gasteiger partial charge in [0, 0.05) is 12.0 Å². The van der Waals surface area contributed by atoms with Crippen LogP contribution in [-0.4, -0.2) is 11.7 Å². The standard InChI is InChI=1S/C20H18FNO2/c21-17-11-15-13(5-3-7-19(15)23)10-16(17)20(24)22-18-9-8-12-4-1-2-6-14(12)18/h1-2,4,6,10-11,18H,3,5,7-9H2,(H,22,24). The average Bonchev–Trinajstić information content (AvgIpc) is 2.98. The number of benzene rings is 2. The summed E-state index contributed by atoms with van der Waals surface area (Å²) in [5, 5.41) is 2.95. The monoisotopic (exact) mass is 323 g/mol. The zero-order chi connectivity index (χ0) is 16.7. The first-order valence-electron chi connectivity index (χ1n) is 8.38. The highest BCUT2D eigenvalue weighted by molar-refractivity contribution is 6.01. The number of amides is 1. The fraction of sp³-hybridized carbons (Fsp3) is 0.300. The third kappa shape index (κ3) is 2.52. The van der Waals surface area contributed by atoms with Gasteiger partial charge in [-0.3, -0.25) is 9.59 Å². The number of rotatable bonds is 2. The summed E-state index contributed by atoms with van der Waals surface area (Å²) in [7, 11) is 0. The number of fused-ring (bicyclic) bond motifs is 2. The highest BCUT2D eigenvalue weighted by Crippen LogP contribution is 2.31. The summed E-state index contributed by atoms with van der Waals surface area (Å²) in [6.45, 7) is 0. The average molecular weight is 323 g/mol. The van der Waals surface area contributed by atoms with E-state index >= 15 is 0 Å². The highest BCUT2D eigenvalue weighted by Gasteiger charge is 2.26. The van der Waals surface area contributed by atoms with E-state index in [0.717, 1.165) is 30.4 Å². The molecule has 1 N–H and O–H groups in total. The van der Waals surface area contributed by atoms with Gasteiger partial charge in [-0.15, -0.1) is 0 Å². The Kier molecular flexibility index (Phi) is 3.68. The van der Waals surface area contributed by atoms with Crippen molar-refractivity contribution in [3.05, 3.63) is 70.0 Å². The van der Waals surface area contributed by atoms with Crippen molar-refractivity contribution in [2.24, 2.45) is 0 Å². The van der Waals surface area contributed by atoms with Gasteiger partial charge in [0.2, 0.25) is 0 Å². The Balaban J connectivity index is 1.61. The van der Waals surface area contributed by atoms with Gasteiger partial charge >= 0.3 is 0 Å². The lowest BCUT2D eigenvalue weighted by molar-refractivity contribution is 0.0927. The van der Waals surface area contributed by atoms with E-state index in [9.17, 15) is 14.0 Å². The van der Waals surface area contributed by atoms with Crippen LogP contribution in [0.5, 0.6) is 0 Å². The van der Waals surface area contributed by atoms with Gasteiger partial charge in [0.25, 0.3) is 5.91 Å². The second kappa shape index (κ2) is 5.86. The summed E-state index contributed by atoms with van der Waals surface area (Å²) < 4.78 is 14.4. The first-order chi connectivity index (χ1) is 11.6. The summed E-state index contributed by atoms with van der Waals surface area (Å²) in [5.41, 5.74) is 3.60. The molecule has 0 aliphatic heterocycles. The highest BCUT2D eigenvalue weighted by atomic mass is 19.1. The molecule has 0 radical (unpaired) electrons. The number of halogens is 1. The lowest BCUT2D eigenvalue weighted by Crippen LogP contribution is -2.28. The number of hydrogen-bond donors (Lipinski definition) is 1. The smallest absolute Gasteiger partial charge is 0.254 e. The number of carbonyl (C=O) groups excluding carboxylic acids is 2. The van der Waals surface area contributed by atoms with Crippen molar-refractivity contribution in [2.75, 3.05) is 0 Å². The van der Waals surface area contributed by atoms with Crippen LogP contribution in [0, 0.1) is 5.82 Å². The van der Waals surface area contributed by atoms with E-state index in [1.165, 1.54) is 11.6 Å². The third-order valence-electron chi connectivity index (χ3n) is 5.03. The van der Waals surface area contributed by atoms with Gasteiger partial charge in [-0.05, 0) is 54.5 Å². The topological polar surface area (TPSA) is 46.2 Å². The first kappa shape index (κ1) is 15.1. The predicted octanol–water partition coefficient (Wildman–Crippen LogP) is 3.76. The number of aryl methyl sites for hydroxylation is 2. The Hall–Kier alpha value is -2.49. The minimum Gasteiger partial charge on any atom is -0.345 e. The van der Waals surface area contributed by atoms with Crippen molar-refractivity contribution in [1.82, 2.24) is 5.32 Å². The number of nitrogens with one attached hydrogen (secondary N) is 1. The predicted molar refractivity (Wildman–Crippen MR) is 88.6 cm³/mol. The molecule has 4 rings (SSSR count). The van der Waals surface area contributed by atoms with Crippen molar-refractivity contribution >= 4 is 11.7 Å². The zero-order valence-corrected chi connectivity index (χ0v) is 13.3. The second-order valence-electron chi connectivity index (χ2n) is 6.53. The van der Waals surface area contributed by atoms with Gasteiger partial charge in [0.1, 0.15) is 5.82 Å². The van der Waals surface area contributed by atoms with Gasteiger partial charge < -0.3 is 5.32 Å². The maximum atomic E-state index is 14.4. The summed E-state index contributed by atoms with van der Waals surface area (Å²) in [5.74, 6) is -1.06. The Morgan fingerprint density at radius 3 is 2.79 bits per heavy atom. The van der Waals surface area contributed by atoms with E-state index in [-0.39, 0.29) is 17.4 Å². The molecule has 2 aromatic rings. The van der Waals surface area contributed by atoms with E-state index in [4.69, 9.17) is 0 Å². The molecule has 1 atom stereocenters. The SMILES string of the molecule is O=C(NC1CCc2ccccc21)c1cc2c(cc1F)C(=O)CCC2. The van der Waals surface area contributed by atoms with Crippen LogP contribution >= 0.6 is 0 Å². The van der Waals surface area contributed by atoms with Crippen molar-refractivity contribution < 1.29 is 14.0 Å². The maximum Gasteiger partial charge on any atom is 0.254 e. The first-order valence-corrected chi connectivity index (χ1v) is 8.38. The molecule has 0 bridgehead atoms. The van der Waals surface area contributed by atoms with Gasteiger partial charge in [0.15, 0.2) is 5.78 Å². The molecular formula is C20H18FNO2. The Morgan fingerprint density at radius 1 is 1.08 bits per heavy atom. The zero-order valence-electron chi connectivity index (χ0n) is 13.3. The molecule has 0 fully saturated rings. The minimum atomic E-state index is -0.618. The van der Waals surface area contributed by atoms with Gasteiger partial charge in [-0.25, -0.2) is 4.39 Å². The normalized spacial score (nSPS) is 18.9. The molecule has 0 saturated carbocycles. The van der Waals surface area contributed by atoms with E-state index in [1.807, 2.05) is 18.2 Å². The van der Waals surface area contributed by atoms with Crippen molar-refractivity contribution in [2.45, 2.75) is 38.1 Å². The van der Waals surface area contributed by atoms with Gasteiger partial charge in [-0.1, -0.05) is 24.3 Å². The van der Waals surface area contributed by atoms with Crippen LogP contribution < -0.4 is 5.32 Å². The number of Topliss-reactive ketones (excluding diaryl/α,β-unsaturated/α-hetero) is 1. The fourth-order valence-corrected chi connectivity index (χ4v) is 3.78. The summed E-state index contributed by atoms with van der Waals surface area (Å²) >= 11 is 0. The molecular weight excluding hydrogens is 305 g/mol. The van der Waals surface area contributed by atoms with E-state index in [1.54, 1.807) is 6.07 Å². The number of ketones is 1. The van der Waals surface area contributed by atoms with E-state index in [0.29, 0.717) is 18.4 Å². The summed E-state index contributed by atoms with van der Waals surface area (Å²) in [6.07, 6.45) is 3.68. The van der Waals surface area contributed by atoms with Crippen molar-refractivity contribution in [3.8, 4) is 0 Å². The van der Waals surface area contributed by atoms with Crippen LogP contribution in [0.4, 0.5) is 4.39 Å². The number of carbonyl (C=O) groups is 2. The molecule has 3 nitrogen and oxygen atoms in total. The maximum absolute atomic E-state index is 14.4. The molecule has 1 amide bonds. The van der Waals surface area contributed by atoms with Crippen molar-refractivity contribution in [3.63, 3.8) is 0 Å². The van der Waals surface area contributed by atoms with E-state index in [2.05, 4.69) is 11.4 Å². The lowest BCUT2D eigenvalue weighted by atomic mass is 9.89. The van der Waals surface area contributed by atoms with Gasteiger partial charge in [-0.2, -0.15) is 0 Å². The van der Waals surface area contributed by atoms with Crippen LogP contribution in [-0.2, 0) is 12.8 Å². The molecule has 2 aromatic carbocycles. The van der Waals surface area contributed by atoms with Crippen LogP contribution in [0.1, 0.15) is 62.7 Å². The number of hydrogen-bond acceptors (Lipinski definition) is 2. The molecule has 4 heteroatoms. The molecule has 122 valence electrons. The third-order valence-corrected chi connectivity index (χ3v) is 5.03. The Labute approximate surface area is 139 Å². The molecule has 0 saturated heterocycles. The molecule has 0 spiro atoms. The molecule has 0 aromatic heterocycles. The molecule has 2 aliphatic rings.